The van der Waals surface area contributed by atoms with Gasteiger partial charge >= 0.3 is 0 Å². The van der Waals surface area contributed by atoms with Gasteiger partial charge in [-0.15, -0.1) is 0 Å². The van der Waals surface area contributed by atoms with Crippen molar-refractivity contribution in [3.8, 4) is 5.75 Å². The van der Waals surface area contributed by atoms with Crippen LogP contribution >= 0.6 is 23.2 Å². The number of nitrogens with one attached hydrogen (secondary N) is 1. The summed E-state index contributed by atoms with van der Waals surface area (Å²) in [4.78, 5) is 2.45. The van der Waals surface area contributed by atoms with Gasteiger partial charge in [0, 0.05) is 0 Å². The number of benzene rings is 2. The summed E-state index contributed by atoms with van der Waals surface area (Å²) in [6.07, 6.45) is 2.18. The number of ether oxygens (including phenoxy) is 1. The molecule has 0 heterocycles. The second kappa shape index (κ2) is 9.37. The van der Waals surface area contributed by atoms with Gasteiger partial charge in [0.1, 0.15) is 0 Å². The Morgan fingerprint density at radius 3 is 2.31 bits per heavy atom. The minimum Gasteiger partial charge on any atom is -0.490 e. The lowest BCUT2D eigenvalue weighted by Crippen LogP contribution is -2.21. The fourth-order valence-corrected chi connectivity index (χ4v) is 4.25. The second-order valence-electron chi connectivity index (χ2n) is 7.75. The fraction of sp³-hybridized carbons (Fsp3) is 0.381. The van der Waals surface area contributed by atoms with Gasteiger partial charge in [-0.05, 0) is 53.6 Å². The first-order valence-corrected chi connectivity index (χ1v) is 11.5. The van der Waals surface area contributed by atoms with Gasteiger partial charge < -0.3 is 4.74 Å². The number of hydrazone groups is 1. The lowest BCUT2D eigenvalue weighted by Gasteiger charge is -2.20. The van der Waals surface area contributed by atoms with Gasteiger partial charge in [0.25, 0.3) is 10.0 Å². The molecule has 0 amide bonds. The third-order valence-electron chi connectivity index (χ3n) is 4.20. The van der Waals surface area contributed by atoms with Crippen LogP contribution in [0.3, 0.4) is 0 Å². The highest BCUT2D eigenvalue weighted by molar-refractivity contribution is 7.89. The van der Waals surface area contributed by atoms with Crippen molar-refractivity contribution in [1.29, 1.82) is 0 Å². The molecule has 5 nitrogen and oxygen atoms in total. The lowest BCUT2D eigenvalue weighted by atomic mass is 9.87. The monoisotopic (exact) mass is 456 g/mol. The van der Waals surface area contributed by atoms with Gasteiger partial charge in [-0.3, -0.25) is 0 Å². The normalized spacial score (nSPS) is 12.4. The Balaban J connectivity index is 2.24. The standard InChI is InChI=1S/C21H26Cl2N2O3S/c1-6-9-28-20-17(22)10-15(11-18(20)23)13-24-25-29(26,27)19-12-16(21(3,4)5)8-7-14(19)2/h7-8,10-13,25H,6,9H2,1-5H3/b24-13+. The molecule has 0 saturated carbocycles. The van der Waals surface area contributed by atoms with E-state index in [2.05, 4.69) is 9.93 Å². The second-order valence-corrected chi connectivity index (χ2v) is 10.2. The fourth-order valence-electron chi connectivity index (χ4n) is 2.57. The Bertz CT molecular complexity index is 990. The number of sulfonamides is 1. The molecule has 29 heavy (non-hydrogen) atoms. The molecule has 1 N–H and O–H groups in total. The summed E-state index contributed by atoms with van der Waals surface area (Å²) in [6.45, 7) is 10.3. The first-order chi connectivity index (χ1) is 13.5. The highest BCUT2D eigenvalue weighted by atomic mass is 35.5. The van der Waals surface area contributed by atoms with Gasteiger partial charge in [-0.25, -0.2) is 4.83 Å². The number of hydrogen-bond donors (Lipinski definition) is 1. The molecule has 0 fully saturated rings. The summed E-state index contributed by atoms with van der Waals surface area (Å²) in [6, 6.07) is 8.64. The van der Waals surface area contributed by atoms with E-state index in [0.717, 1.165) is 12.0 Å². The number of halogens is 2. The van der Waals surface area contributed by atoms with Crippen LogP contribution < -0.4 is 9.57 Å². The molecular weight excluding hydrogens is 431 g/mol. The van der Waals surface area contributed by atoms with Gasteiger partial charge in [-0.2, -0.15) is 13.5 Å². The zero-order chi connectivity index (χ0) is 21.8. The van der Waals surface area contributed by atoms with E-state index in [-0.39, 0.29) is 10.3 Å². The Kier molecular flexibility index (Phi) is 7.60. The molecule has 0 spiro atoms. The molecule has 2 aromatic carbocycles. The molecule has 2 aromatic rings. The van der Waals surface area contributed by atoms with E-state index >= 15 is 0 Å². The van der Waals surface area contributed by atoms with Crippen molar-refractivity contribution in [2.24, 2.45) is 5.10 Å². The van der Waals surface area contributed by atoms with Gasteiger partial charge in [0.15, 0.2) is 5.75 Å². The van der Waals surface area contributed by atoms with Crippen molar-refractivity contribution in [3.63, 3.8) is 0 Å². The zero-order valence-corrected chi connectivity index (χ0v) is 19.5. The molecule has 0 aliphatic heterocycles. The van der Waals surface area contributed by atoms with E-state index in [1.165, 1.54) is 6.21 Å². The van der Waals surface area contributed by atoms with Crippen LogP contribution in [0, 0.1) is 6.92 Å². The van der Waals surface area contributed by atoms with E-state index in [0.29, 0.717) is 33.5 Å². The molecule has 0 unspecified atom stereocenters. The average Bonchev–Trinajstić information content (AvgIpc) is 2.60. The zero-order valence-electron chi connectivity index (χ0n) is 17.2. The van der Waals surface area contributed by atoms with E-state index < -0.39 is 10.0 Å². The van der Waals surface area contributed by atoms with Crippen LogP contribution in [0.4, 0.5) is 0 Å². The molecule has 0 saturated heterocycles. The highest BCUT2D eigenvalue weighted by Crippen LogP contribution is 2.34. The van der Waals surface area contributed by atoms with E-state index in [1.807, 2.05) is 33.8 Å². The molecule has 0 atom stereocenters. The Labute approximate surface area is 183 Å². The first kappa shape index (κ1) is 23.5. The summed E-state index contributed by atoms with van der Waals surface area (Å²) < 4.78 is 31.0. The van der Waals surface area contributed by atoms with Crippen LogP contribution in [0.25, 0.3) is 0 Å². The molecule has 158 valence electrons. The van der Waals surface area contributed by atoms with Crippen LogP contribution in [0.5, 0.6) is 5.75 Å². The third-order valence-corrected chi connectivity index (χ3v) is 6.13. The van der Waals surface area contributed by atoms with Crippen LogP contribution in [-0.4, -0.2) is 21.2 Å². The molecule has 0 bridgehead atoms. The Morgan fingerprint density at radius 2 is 1.76 bits per heavy atom. The summed E-state index contributed by atoms with van der Waals surface area (Å²) in [5, 5.41) is 4.55. The summed E-state index contributed by atoms with van der Waals surface area (Å²) in [5.74, 6) is 0.405. The largest absolute Gasteiger partial charge is 0.490 e. The molecule has 0 aliphatic rings. The number of nitrogens with zero attached hydrogens (tertiary/aromatic N) is 1. The SMILES string of the molecule is CCCOc1c(Cl)cc(/C=N/NS(=O)(=O)c2cc(C(C)(C)C)ccc2C)cc1Cl. The quantitative estimate of drug-likeness (QED) is 0.428. The summed E-state index contributed by atoms with van der Waals surface area (Å²) >= 11 is 12.4. The number of aryl methyl sites for hydroxylation is 1. The van der Waals surface area contributed by atoms with E-state index in [4.69, 9.17) is 27.9 Å². The summed E-state index contributed by atoms with van der Waals surface area (Å²) in [7, 11) is -3.82. The number of hydrogen-bond acceptors (Lipinski definition) is 4. The molecule has 0 aliphatic carbocycles. The van der Waals surface area contributed by atoms with Crippen molar-refractivity contribution in [3.05, 3.63) is 57.1 Å². The van der Waals surface area contributed by atoms with E-state index in [9.17, 15) is 8.42 Å². The predicted molar refractivity (Wildman–Crippen MR) is 120 cm³/mol. The van der Waals surface area contributed by atoms with Gasteiger partial charge in [0.05, 0.1) is 27.8 Å². The van der Waals surface area contributed by atoms with Crippen molar-refractivity contribution >= 4 is 39.4 Å². The maximum Gasteiger partial charge on any atom is 0.276 e. The highest BCUT2D eigenvalue weighted by Gasteiger charge is 2.21. The summed E-state index contributed by atoms with van der Waals surface area (Å²) in [5.41, 5.74) is 1.95. The van der Waals surface area contributed by atoms with Crippen LogP contribution in [0.1, 0.15) is 50.8 Å². The van der Waals surface area contributed by atoms with Crippen LogP contribution in [0.15, 0.2) is 40.3 Å². The van der Waals surface area contributed by atoms with Crippen molar-refractivity contribution in [2.45, 2.75) is 51.3 Å². The van der Waals surface area contributed by atoms with Crippen LogP contribution in [-0.2, 0) is 15.4 Å². The molecule has 0 radical (unpaired) electrons. The maximum atomic E-state index is 12.7. The smallest absolute Gasteiger partial charge is 0.276 e. The molecular formula is C21H26Cl2N2O3S. The van der Waals surface area contributed by atoms with E-state index in [1.54, 1.807) is 31.2 Å². The van der Waals surface area contributed by atoms with Crippen molar-refractivity contribution in [1.82, 2.24) is 4.83 Å². The van der Waals surface area contributed by atoms with Gasteiger partial charge in [-0.1, -0.05) is 63.0 Å². The maximum absolute atomic E-state index is 12.7. The molecule has 2 rings (SSSR count). The van der Waals surface area contributed by atoms with Gasteiger partial charge in [0.2, 0.25) is 0 Å². The minimum absolute atomic E-state index is 0.170. The lowest BCUT2D eigenvalue weighted by molar-refractivity contribution is 0.318. The molecule has 0 aromatic heterocycles. The average molecular weight is 457 g/mol. The van der Waals surface area contributed by atoms with Crippen molar-refractivity contribution < 1.29 is 13.2 Å². The number of rotatable bonds is 7. The van der Waals surface area contributed by atoms with Crippen molar-refractivity contribution in [2.75, 3.05) is 6.61 Å². The predicted octanol–water partition coefficient (Wildman–Crippen LogP) is 5.70. The first-order valence-electron chi connectivity index (χ1n) is 9.23. The Morgan fingerprint density at radius 1 is 1.14 bits per heavy atom. The van der Waals surface area contributed by atoms with Crippen LogP contribution in [0.2, 0.25) is 10.0 Å². The topological polar surface area (TPSA) is 67.8 Å². The third kappa shape index (κ3) is 6.11. The molecule has 8 heteroatoms. The minimum atomic E-state index is -3.82. The Hall–Kier alpha value is -1.76.